The minimum atomic E-state index is -0.185. The monoisotopic (exact) mass is 346 g/mol. The van der Waals surface area contributed by atoms with E-state index >= 15 is 0 Å². The summed E-state index contributed by atoms with van der Waals surface area (Å²) >= 11 is 0. The average molecular weight is 346 g/mol. The van der Waals surface area contributed by atoms with Crippen LogP contribution >= 0.6 is 0 Å². The number of furan rings is 1. The smallest absolute Gasteiger partial charge is 0.225 e. The van der Waals surface area contributed by atoms with Gasteiger partial charge >= 0.3 is 0 Å². The maximum absolute atomic E-state index is 13.0. The lowest BCUT2D eigenvalue weighted by Gasteiger charge is -2.43. The first-order valence-corrected chi connectivity index (χ1v) is 9.41. The fourth-order valence-corrected chi connectivity index (χ4v) is 4.28. The summed E-state index contributed by atoms with van der Waals surface area (Å²) in [6.45, 7) is 8.13. The van der Waals surface area contributed by atoms with E-state index in [1.54, 1.807) is 6.26 Å². The summed E-state index contributed by atoms with van der Waals surface area (Å²) in [6.07, 6.45) is 8.11. The molecule has 25 heavy (non-hydrogen) atoms. The van der Waals surface area contributed by atoms with Crippen LogP contribution in [0.1, 0.15) is 37.9 Å². The van der Waals surface area contributed by atoms with Crippen molar-refractivity contribution in [1.82, 2.24) is 9.80 Å². The van der Waals surface area contributed by atoms with Gasteiger partial charge in [0.1, 0.15) is 5.76 Å². The van der Waals surface area contributed by atoms with Gasteiger partial charge in [0, 0.05) is 24.4 Å². The van der Waals surface area contributed by atoms with Crippen LogP contribution in [0, 0.1) is 11.3 Å². The zero-order valence-electron chi connectivity index (χ0n) is 15.0. The molecular weight excluding hydrogens is 316 g/mol. The quantitative estimate of drug-likeness (QED) is 0.805. The minimum Gasteiger partial charge on any atom is -0.468 e. The Hall–Kier alpha value is -1.59. The van der Waals surface area contributed by atoms with Crippen molar-refractivity contribution in [3.63, 3.8) is 0 Å². The lowest BCUT2D eigenvalue weighted by molar-refractivity contribution is -0.141. The highest BCUT2D eigenvalue weighted by molar-refractivity contribution is 5.79. The Morgan fingerprint density at radius 1 is 1.40 bits per heavy atom. The Bertz CT molecular complexity index is 564. The minimum absolute atomic E-state index is 0.117. The normalized spacial score (nSPS) is 25.9. The van der Waals surface area contributed by atoms with Crippen molar-refractivity contribution in [1.29, 1.82) is 0 Å². The Labute approximate surface area is 150 Å². The molecule has 1 amide bonds. The summed E-state index contributed by atoms with van der Waals surface area (Å²) in [5.41, 5.74) is -0.185. The third-order valence-corrected chi connectivity index (χ3v) is 5.78. The SMILES string of the molecule is C=CCC1(CO)CCCN(C(=O)C2CCN(Cc3ccco3)CC2)C1. The Balaban J connectivity index is 1.52. The second kappa shape index (κ2) is 8.19. The molecule has 5 heteroatoms. The summed E-state index contributed by atoms with van der Waals surface area (Å²) in [7, 11) is 0. The molecule has 0 aromatic carbocycles. The third-order valence-electron chi connectivity index (χ3n) is 5.78. The van der Waals surface area contributed by atoms with Crippen LogP contribution in [-0.2, 0) is 11.3 Å². The van der Waals surface area contributed by atoms with Gasteiger partial charge in [0.25, 0.3) is 0 Å². The number of aliphatic hydroxyl groups is 1. The molecule has 0 saturated carbocycles. The van der Waals surface area contributed by atoms with Gasteiger partial charge in [-0.2, -0.15) is 0 Å². The highest BCUT2D eigenvalue weighted by Gasteiger charge is 2.38. The van der Waals surface area contributed by atoms with E-state index in [1.165, 1.54) is 0 Å². The van der Waals surface area contributed by atoms with Crippen molar-refractivity contribution in [2.45, 2.75) is 38.6 Å². The molecule has 2 fully saturated rings. The third kappa shape index (κ3) is 4.33. The highest BCUT2D eigenvalue weighted by Crippen LogP contribution is 2.34. The van der Waals surface area contributed by atoms with Crippen LogP contribution < -0.4 is 0 Å². The Kier molecular flexibility index (Phi) is 5.97. The van der Waals surface area contributed by atoms with E-state index in [9.17, 15) is 9.90 Å². The summed E-state index contributed by atoms with van der Waals surface area (Å²) < 4.78 is 5.42. The average Bonchev–Trinajstić information content (AvgIpc) is 3.15. The predicted octanol–water partition coefficient (Wildman–Crippen LogP) is 2.67. The molecule has 1 aromatic heterocycles. The maximum atomic E-state index is 13.0. The maximum Gasteiger partial charge on any atom is 0.225 e. The number of allylic oxidation sites excluding steroid dienone is 1. The van der Waals surface area contributed by atoms with Crippen LogP contribution in [0.3, 0.4) is 0 Å². The zero-order chi connectivity index (χ0) is 17.7. The van der Waals surface area contributed by atoms with Gasteiger partial charge in [-0.1, -0.05) is 6.08 Å². The molecule has 3 rings (SSSR count). The van der Waals surface area contributed by atoms with Crippen LogP contribution in [0.15, 0.2) is 35.5 Å². The molecule has 3 heterocycles. The van der Waals surface area contributed by atoms with Gasteiger partial charge < -0.3 is 14.4 Å². The molecule has 5 nitrogen and oxygen atoms in total. The van der Waals surface area contributed by atoms with Gasteiger partial charge in [-0.05, 0) is 57.3 Å². The summed E-state index contributed by atoms with van der Waals surface area (Å²) in [4.78, 5) is 17.3. The number of hydrogen-bond acceptors (Lipinski definition) is 4. The first kappa shape index (κ1) is 18.2. The van der Waals surface area contributed by atoms with E-state index < -0.39 is 0 Å². The number of hydrogen-bond donors (Lipinski definition) is 1. The summed E-state index contributed by atoms with van der Waals surface area (Å²) in [6, 6.07) is 3.91. The molecule has 0 radical (unpaired) electrons. The number of carbonyl (C=O) groups is 1. The Morgan fingerprint density at radius 2 is 2.20 bits per heavy atom. The van der Waals surface area contributed by atoms with Crippen molar-refractivity contribution in [2.75, 3.05) is 32.8 Å². The second-order valence-corrected chi connectivity index (χ2v) is 7.64. The number of aliphatic hydroxyl groups excluding tert-OH is 1. The van der Waals surface area contributed by atoms with Crippen molar-refractivity contribution >= 4 is 5.91 Å². The molecule has 1 N–H and O–H groups in total. The first-order chi connectivity index (χ1) is 12.2. The number of piperidine rings is 2. The molecule has 2 aliphatic heterocycles. The summed E-state index contributed by atoms with van der Waals surface area (Å²) in [5, 5.41) is 9.84. The van der Waals surface area contributed by atoms with Crippen molar-refractivity contribution < 1.29 is 14.3 Å². The van der Waals surface area contributed by atoms with Crippen LogP contribution in [-0.4, -0.2) is 53.6 Å². The van der Waals surface area contributed by atoms with E-state index in [-0.39, 0.29) is 23.8 Å². The molecule has 2 saturated heterocycles. The van der Waals surface area contributed by atoms with Crippen LogP contribution in [0.4, 0.5) is 0 Å². The van der Waals surface area contributed by atoms with E-state index in [0.29, 0.717) is 6.54 Å². The Morgan fingerprint density at radius 3 is 2.84 bits per heavy atom. The van der Waals surface area contributed by atoms with E-state index in [0.717, 1.165) is 64.0 Å². The number of rotatable bonds is 6. The van der Waals surface area contributed by atoms with E-state index in [2.05, 4.69) is 11.5 Å². The van der Waals surface area contributed by atoms with Crippen LogP contribution in [0.25, 0.3) is 0 Å². The molecule has 1 aromatic rings. The van der Waals surface area contributed by atoms with Gasteiger partial charge in [0.05, 0.1) is 19.4 Å². The lowest BCUT2D eigenvalue weighted by Crippen LogP contribution is -2.50. The largest absolute Gasteiger partial charge is 0.468 e. The van der Waals surface area contributed by atoms with Crippen molar-refractivity contribution in [2.24, 2.45) is 11.3 Å². The molecule has 0 spiro atoms. The van der Waals surface area contributed by atoms with Gasteiger partial charge in [-0.15, -0.1) is 6.58 Å². The first-order valence-electron chi connectivity index (χ1n) is 9.41. The van der Waals surface area contributed by atoms with E-state index in [1.807, 2.05) is 23.1 Å². The number of likely N-dealkylation sites (tertiary alicyclic amines) is 2. The standard InChI is InChI=1S/C20H30N2O3/c1-2-8-20(16-23)9-4-10-22(15-20)19(24)17-6-11-21(12-7-17)14-18-5-3-13-25-18/h2-3,5,13,17,23H,1,4,6-12,14-16H2. The molecule has 2 aliphatic rings. The molecular formula is C20H30N2O3. The number of nitrogens with zero attached hydrogens (tertiary/aromatic N) is 2. The predicted molar refractivity (Wildman–Crippen MR) is 96.9 cm³/mol. The molecule has 0 aliphatic carbocycles. The lowest BCUT2D eigenvalue weighted by atomic mass is 9.77. The van der Waals surface area contributed by atoms with Crippen LogP contribution in [0.5, 0.6) is 0 Å². The van der Waals surface area contributed by atoms with Gasteiger partial charge in [0.15, 0.2) is 0 Å². The topological polar surface area (TPSA) is 56.9 Å². The fourth-order valence-electron chi connectivity index (χ4n) is 4.28. The van der Waals surface area contributed by atoms with Gasteiger partial charge in [-0.25, -0.2) is 0 Å². The zero-order valence-corrected chi connectivity index (χ0v) is 15.0. The van der Waals surface area contributed by atoms with Crippen LogP contribution in [0.2, 0.25) is 0 Å². The number of carbonyl (C=O) groups excluding carboxylic acids is 1. The molecule has 1 unspecified atom stereocenters. The molecule has 1 atom stereocenters. The van der Waals surface area contributed by atoms with E-state index in [4.69, 9.17) is 4.42 Å². The van der Waals surface area contributed by atoms with Crippen molar-refractivity contribution in [3.05, 3.63) is 36.8 Å². The number of amides is 1. The fraction of sp³-hybridized carbons (Fsp3) is 0.650. The molecule has 0 bridgehead atoms. The second-order valence-electron chi connectivity index (χ2n) is 7.64. The van der Waals surface area contributed by atoms with Gasteiger partial charge in [-0.3, -0.25) is 9.69 Å². The highest BCUT2D eigenvalue weighted by atomic mass is 16.3. The van der Waals surface area contributed by atoms with Gasteiger partial charge in [0.2, 0.25) is 5.91 Å². The molecule has 138 valence electrons. The van der Waals surface area contributed by atoms with Crippen molar-refractivity contribution in [3.8, 4) is 0 Å². The summed E-state index contributed by atoms with van der Waals surface area (Å²) in [5.74, 6) is 1.38.